The van der Waals surface area contributed by atoms with Gasteiger partial charge in [-0.3, -0.25) is 0 Å². The van der Waals surface area contributed by atoms with Gasteiger partial charge < -0.3 is 5.32 Å². The highest BCUT2D eigenvalue weighted by molar-refractivity contribution is 9.10. The van der Waals surface area contributed by atoms with E-state index in [4.69, 9.17) is 34.8 Å². The molecule has 2 aromatic rings. The van der Waals surface area contributed by atoms with Crippen molar-refractivity contribution in [2.24, 2.45) is 0 Å². The summed E-state index contributed by atoms with van der Waals surface area (Å²) in [5.74, 6) is 0. The van der Waals surface area contributed by atoms with Crippen LogP contribution in [-0.4, -0.2) is 4.98 Å². The first-order chi connectivity index (χ1) is 8.47. The summed E-state index contributed by atoms with van der Waals surface area (Å²) in [5.41, 5.74) is 1.69. The third kappa shape index (κ3) is 3.31. The summed E-state index contributed by atoms with van der Waals surface area (Å²) in [4.78, 5) is 4.05. The normalized spacial score (nSPS) is 12.5. The molecule has 0 aliphatic carbocycles. The van der Waals surface area contributed by atoms with E-state index in [1.807, 2.05) is 19.1 Å². The predicted octanol–water partition coefficient (Wildman–Crippen LogP) is 6.04. The third-order valence-corrected chi connectivity index (χ3v) is 4.58. The number of hydrogen-bond donors (Lipinski definition) is 1. The Kier molecular flexibility index (Phi) is 4.78. The van der Waals surface area contributed by atoms with Crippen LogP contribution in [0, 0.1) is 0 Å². The second-order valence-electron chi connectivity index (χ2n) is 3.64. The molecule has 0 amide bonds. The minimum Gasteiger partial charge on any atom is -0.376 e. The van der Waals surface area contributed by atoms with Gasteiger partial charge in [0.1, 0.15) is 0 Å². The van der Waals surface area contributed by atoms with Gasteiger partial charge in [0, 0.05) is 16.2 Å². The zero-order valence-corrected chi connectivity index (χ0v) is 13.8. The van der Waals surface area contributed by atoms with Crippen molar-refractivity contribution >= 4 is 67.8 Å². The van der Waals surface area contributed by atoms with E-state index < -0.39 is 0 Å². The molecule has 0 spiro atoms. The first-order valence-electron chi connectivity index (χ1n) is 4.99. The van der Waals surface area contributed by atoms with Crippen LogP contribution < -0.4 is 5.32 Å². The standard InChI is InChI=1S/C11H8BrCl3N2S/c1-5(7-3-9(13)18-11(7)15)17-8-2-6(12)4-16-10(8)14/h2-5,17H,1H3. The number of anilines is 1. The van der Waals surface area contributed by atoms with E-state index in [1.165, 1.54) is 11.3 Å². The molecule has 1 atom stereocenters. The van der Waals surface area contributed by atoms with Gasteiger partial charge in [-0.1, -0.05) is 34.8 Å². The van der Waals surface area contributed by atoms with Crippen molar-refractivity contribution in [3.8, 4) is 0 Å². The summed E-state index contributed by atoms with van der Waals surface area (Å²) in [6.45, 7) is 1.99. The Morgan fingerprint density at radius 3 is 2.67 bits per heavy atom. The van der Waals surface area contributed by atoms with Gasteiger partial charge in [0.15, 0.2) is 5.15 Å². The molecule has 2 nitrogen and oxygen atoms in total. The number of hydrogen-bond acceptors (Lipinski definition) is 3. The van der Waals surface area contributed by atoms with Gasteiger partial charge in [0.2, 0.25) is 0 Å². The minimum atomic E-state index is -0.00477. The lowest BCUT2D eigenvalue weighted by Crippen LogP contribution is -2.06. The van der Waals surface area contributed by atoms with Crippen molar-refractivity contribution < 1.29 is 0 Å². The summed E-state index contributed by atoms with van der Waals surface area (Å²) >= 11 is 22.8. The zero-order valence-electron chi connectivity index (χ0n) is 9.18. The van der Waals surface area contributed by atoms with Gasteiger partial charge in [0.25, 0.3) is 0 Å². The zero-order chi connectivity index (χ0) is 13.3. The van der Waals surface area contributed by atoms with Crippen molar-refractivity contribution in [2.45, 2.75) is 13.0 Å². The van der Waals surface area contributed by atoms with Crippen LogP contribution in [0.2, 0.25) is 13.8 Å². The largest absolute Gasteiger partial charge is 0.376 e. The SMILES string of the molecule is CC(Nc1cc(Br)cnc1Cl)c1cc(Cl)sc1Cl. The first kappa shape index (κ1) is 14.4. The molecule has 2 aromatic heterocycles. The second-order valence-corrected chi connectivity index (χ2v) is 7.20. The highest BCUT2D eigenvalue weighted by Gasteiger charge is 2.14. The molecule has 0 aliphatic rings. The second kappa shape index (κ2) is 5.97. The van der Waals surface area contributed by atoms with Crippen molar-refractivity contribution in [2.75, 3.05) is 5.32 Å². The lowest BCUT2D eigenvalue weighted by molar-refractivity contribution is 0.888. The van der Waals surface area contributed by atoms with E-state index in [0.717, 1.165) is 15.7 Å². The molecule has 2 rings (SSSR count). The van der Waals surface area contributed by atoms with Crippen LogP contribution in [0.5, 0.6) is 0 Å². The molecule has 0 aromatic carbocycles. The highest BCUT2D eigenvalue weighted by atomic mass is 79.9. The van der Waals surface area contributed by atoms with E-state index in [-0.39, 0.29) is 6.04 Å². The van der Waals surface area contributed by atoms with E-state index in [2.05, 4.69) is 26.2 Å². The molecule has 0 bridgehead atoms. The molecular weight excluding hydrogens is 378 g/mol. The average Bonchev–Trinajstić information content (AvgIpc) is 2.63. The lowest BCUT2D eigenvalue weighted by atomic mass is 10.2. The highest BCUT2D eigenvalue weighted by Crippen LogP contribution is 2.37. The van der Waals surface area contributed by atoms with Gasteiger partial charge in [-0.15, -0.1) is 11.3 Å². The van der Waals surface area contributed by atoms with Crippen LogP contribution in [0.25, 0.3) is 0 Å². The molecule has 1 unspecified atom stereocenters. The average molecular weight is 387 g/mol. The maximum atomic E-state index is 6.11. The summed E-state index contributed by atoms with van der Waals surface area (Å²) < 4.78 is 2.21. The molecule has 0 aliphatic heterocycles. The Labute approximate surface area is 132 Å². The Morgan fingerprint density at radius 2 is 2.06 bits per heavy atom. The topological polar surface area (TPSA) is 24.9 Å². The van der Waals surface area contributed by atoms with Gasteiger partial charge in [-0.25, -0.2) is 4.98 Å². The molecule has 0 saturated carbocycles. The monoisotopic (exact) mass is 384 g/mol. The van der Waals surface area contributed by atoms with Crippen LogP contribution in [0.1, 0.15) is 18.5 Å². The Morgan fingerprint density at radius 1 is 1.33 bits per heavy atom. The smallest absolute Gasteiger partial charge is 0.152 e. The number of thiophene rings is 1. The number of nitrogens with zero attached hydrogens (tertiary/aromatic N) is 1. The fourth-order valence-electron chi connectivity index (χ4n) is 1.48. The van der Waals surface area contributed by atoms with Gasteiger partial charge in [0.05, 0.1) is 20.4 Å². The van der Waals surface area contributed by atoms with Crippen LogP contribution in [-0.2, 0) is 0 Å². The molecule has 2 heterocycles. The van der Waals surface area contributed by atoms with Gasteiger partial charge in [-0.2, -0.15) is 0 Å². The van der Waals surface area contributed by atoms with Gasteiger partial charge >= 0.3 is 0 Å². The number of rotatable bonds is 3. The van der Waals surface area contributed by atoms with E-state index in [1.54, 1.807) is 6.20 Å². The maximum absolute atomic E-state index is 6.11. The third-order valence-electron chi connectivity index (χ3n) is 2.33. The Balaban J connectivity index is 2.23. The molecule has 96 valence electrons. The van der Waals surface area contributed by atoms with Crippen LogP contribution in [0.15, 0.2) is 22.8 Å². The molecule has 18 heavy (non-hydrogen) atoms. The molecular formula is C11H8BrCl3N2S. The number of nitrogens with one attached hydrogen (secondary N) is 1. The summed E-state index contributed by atoms with van der Waals surface area (Å²) in [6, 6.07) is 3.72. The van der Waals surface area contributed by atoms with Crippen molar-refractivity contribution in [1.82, 2.24) is 4.98 Å². The molecule has 7 heteroatoms. The van der Waals surface area contributed by atoms with E-state index in [0.29, 0.717) is 13.8 Å². The number of aromatic nitrogens is 1. The molecule has 0 fully saturated rings. The van der Waals surface area contributed by atoms with Crippen molar-refractivity contribution in [3.63, 3.8) is 0 Å². The van der Waals surface area contributed by atoms with Crippen LogP contribution in [0.4, 0.5) is 5.69 Å². The predicted molar refractivity (Wildman–Crippen MR) is 83.3 cm³/mol. The fraction of sp³-hybridized carbons (Fsp3) is 0.182. The lowest BCUT2D eigenvalue weighted by Gasteiger charge is -2.15. The van der Waals surface area contributed by atoms with Gasteiger partial charge in [-0.05, 0) is 35.0 Å². The minimum absolute atomic E-state index is 0.00477. The van der Waals surface area contributed by atoms with E-state index >= 15 is 0 Å². The molecule has 0 radical (unpaired) electrons. The Hall–Kier alpha value is -0.0000000000000000555. The van der Waals surface area contributed by atoms with Crippen molar-refractivity contribution in [1.29, 1.82) is 0 Å². The van der Waals surface area contributed by atoms with E-state index in [9.17, 15) is 0 Å². The maximum Gasteiger partial charge on any atom is 0.152 e. The Bertz CT molecular complexity index is 573. The summed E-state index contributed by atoms with van der Waals surface area (Å²) in [7, 11) is 0. The van der Waals surface area contributed by atoms with Crippen molar-refractivity contribution in [3.05, 3.63) is 42.2 Å². The summed E-state index contributed by atoms with van der Waals surface area (Å²) in [5, 5.41) is 3.68. The quantitative estimate of drug-likeness (QED) is 0.651. The summed E-state index contributed by atoms with van der Waals surface area (Å²) in [6.07, 6.45) is 1.65. The molecule has 1 N–H and O–H groups in total. The van der Waals surface area contributed by atoms with Crippen LogP contribution in [0.3, 0.4) is 0 Å². The number of pyridine rings is 1. The molecule has 0 saturated heterocycles. The first-order valence-corrected chi connectivity index (χ1v) is 7.74. The fourth-order valence-corrected chi connectivity index (χ4v) is 3.62. The van der Waals surface area contributed by atoms with Crippen LogP contribution >= 0.6 is 62.1 Å². The number of halogens is 4.